The number of nitrogens with two attached hydrogens (primary N) is 1. The van der Waals surface area contributed by atoms with Crippen LogP contribution in [0.1, 0.15) is 13.8 Å². The number of aliphatic imine (C=N–C) groups is 1. The maximum absolute atomic E-state index is 10.8. The molecular formula is C9H14N2O. The summed E-state index contributed by atoms with van der Waals surface area (Å²) in [7, 11) is 1.69. The van der Waals surface area contributed by atoms with E-state index in [0.29, 0.717) is 5.57 Å². The molecule has 0 aliphatic rings. The molecule has 0 fully saturated rings. The molecule has 0 saturated heterocycles. The maximum Gasteiger partial charge on any atom is 0.161 e. The van der Waals surface area contributed by atoms with Gasteiger partial charge in [0.1, 0.15) is 0 Å². The second kappa shape index (κ2) is 5.29. The number of allylic oxidation sites excluding steroid dienone is 3. The molecule has 0 heterocycles. The molecule has 0 bridgehead atoms. The highest BCUT2D eigenvalue weighted by Crippen LogP contribution is 1.96. The zero-order valence-electron chi connectivity index (χ0n) is 7.66. The van der Waals surface area contributed by atoms with Crippen LogP contribution in [0.25, 0.3) is 0 Å². The number of hydrogen-bond acceptors (Lipinski definition) is 3. The first-order valence-corrected chi connectivity index (χ1v) is 3.66. The summed E-state index contributed by atoms with van der Waals surface area (Å²) >= 11 is 0. The lowest BCUT2D eigenvalue weighted by atomic mass is 10.2. The van der Waals surface area contributed by atoms with Gasteiger partial charge in [0.15, 0.2) is 5.78 Å². The fraction of sp³-hybridized carbons (Fsp3) is 0.333. The molecular weight excluding hydrogens is 152 g/mol. The minimum Gasteiger partial charge on any atom is -0.404 e. The van der Waals surface area contributed by atoms with Crippen molar-refractivity contribution < 1.29 is 4.79 Å². The number of Topliss-reactive ketones (excluding diaryl/α,β-unsaturated/α-hetero) is 1. The summed E-state index contributed by atoms with van der Waals surface area (Å²) in [5, 5.41) is 0. The van der Waals surface area contributed by atoms with Gasteiger partial charge in [0.25, 0.3) is 0 Å². The van der Waals surface area contributed by atoms with Crippen LogP contribution in [0.2, 0.25) is 0 Å². The van der Waals surface area contributed by atoms with E-state index in [1.165, 1.54) is 13.1 Å². The minimum absolute atomic E-state index is 0.0438. The van der Waals surface area contributed by atoms with Gasteiger partial charge in [-0.3, -0.25) is 9.79 Å². The molecule has 0 aliphatic carbocycles. The highest BCUT2D eigenvalue weighted by Gasteiger charge is 1.96. The number of nitrogens with zero attached hydrogens (tertiary/aromatic N) is 1. The first-order valence-electron chi connectivity index (χ1n) is 3.66. The molecule has 0 aliphatic heterocycles. The summed E-state index contributed by atoms with van der Waals surface area (Å²) in [5.41, 5.74) is 6.58. The van der Waals surface area contributed by atoms with E-state index in [1.807, 2.05) is 6.92 Å². The van der Waals surface area contributed by atoms with Crippen LogP contribution in [-0.4, -0.2) is 18.5 Å². The molecule has 0 radical (unpaired) electrons. The summed E-state index contributed by atoms with van der Waals surface area (Å²) in [5.74, 6) is -0.0438. The Morgan fingerprint density at radius 2 is 1.92 bits per heavy atom. The number of carbonyl (C=O) groups is 1. The monoisotopic (exact) mass is 166 g/mol. The van der Waals surface area contributed by atoms with Gasteiger partial charge in [0.05, 0.1) is 0 Å². The van der Waals surface area contributed by atoms with E-state index in [9.17, 15) is 4.79 Å². The van der Waals surface area contributed by atoms with Gasteiger partial charge in [0, 0.05) is 24.5 Å². The van der Waals surface area contributed by atoms with Crippen LogP contribution < -0.4 is 5.73 Å². The molecule has 0 aromatic rings. The van der Waals surface area contributed by atoms with Crippen LogP contribution in [0.4, 0.5) is 0 Å². The Kier molecular flexibility index (Phi) is 4.69. The van der Waals surface area contributed by atoms with Crippen LogP contribution in [0.15, 0.2) is 28.9 Å². The van der Waals surface area contributed by atoms with Crippen LogP contribution in [0, 0.1) is 0 Å². The molecule has 0 unspecified atom stereocenters. The van der Waals surface area contributed by atoms with Crippen molar-refractivity contribution >= 4 is 11.5 Å². The highest BCUT2D eigenvalue weighted by atomic mass is 16.1. The minimum atomic E-state index is -0.0438. The summed E-state index contributed by atoms with van der Waals surface area (Å²) < 4.78 is 0. The normalized spacial score (nSPS) is 13.9. The average molecular weight is 166 g/mol. The van der Waals surface area contributed by atoms with Crippen molar-refractivity contribution in [2.45, 2.75) is 13.8 Å². The van der Waals surface area contributed by atoms with E-state index in [4.69, 9.17) is 5.73 Å². The topological polar surface area (TPSA) is 55.4 Å². The molecule has 0 amide bonds. The lowest BCUT2D eigenvalue weighted by Crippen LogP contribution is -1.97. The first kappa shape index (κ1) is 10.6. The molecule has 0 rings (SSSR count). The molecule has 3 heteroatoms. The quantitative estimate of drug-likeness (QED) is 0.387. The summed E-state index contributed by atoms with van der Waals surface area (Å²) in [6.45, 7) is 3.33. The van der Waals surface area contributed by atoms with E-state index in [2.05, 4.69) is 4.99 Å². The Labute approximate surface area is 72.7 Å². The third-order valence-electron chi connectivity index (χ3n) is 1.44. The molecule has 0 saturated carbocycles. The van der Waals surface area contributed by atoms with Gasteiger partial charge < -0.3 is 5.73 Å². The zero-order chi connectivity index (χ0) is 9.56. The average Bonchev–Trinajstić information content (AvgIpc) is 2.04. The molecule has 66 valence electrons. The number of rotatable bonds is 3. The van der Waals surface area contributed by atoms with E-state index < -0.39 is 0 Å². The number of ketones is 1. The van der Waals surface area contributed by atoms with Crippen molar-refractivity contribution in [1.82, 2.24) is 0 Å². The summed E-state index contributed by atoms with van der Waals surface area (Å²) in [6.07, 6.45) is 4.70. The van der Waals surface area contributed by atoms with Gasteiger partial charge in [-0.05, 0) is 26.0 Å². The van der Waals surface area contributed by atoms with Crippen molar-refractivity contribution in [3.63, 3.8) is 0 Å². The van der Waals surface area contributed by atoms with Crippen molar-refractivity contribution in [2.75, 3.05) is 7.05 Å². The standard InChI is InChI=1S/C9H14N2O/c1-7(11-3)4-5-9(6-10)8(2)12/h4-6H,10H2,1-3H3/b5-4-,9-6-,11-7?. The fourth-order valence-corrected chi connectivity index (χ4v) is 0.575. The van der Waals surface area contributed by atoms with Crippen molar-refractivity contribution in [2.24, 2.45) is 10.7 Å². The van der Waals surface area contributed by atoms with Gasteiger partial charge in [-0.2, -0.15) is 0 Å². The van der Waals surface area contributed by atoms with E-state index in [1.54, 1.807) is 19.2 Å². The Hall–Kier alpha value is -1.38. The maximum atomic E-state index is 10.8. The molecule has 12 heavy (non-hydrogen) atoms. The van der Waals surface area contributed by atoms with E-state index >= 15 is 0 Å². The second-order valence-electron chi connectivity index (χ2n) is 2.38. The molecule has 0 spiro atoms. The molecule has 0 aromatic carbocycles. The van der Waals surface area contributed by atoms with Gasteiger partial charge in [-0.25, -0.2) is 0 Å². The zero-order valence-corrected chi connectivity index (χ0v) is 7.66. The SMILES string of the molecule is CN=C(C)/C=C\C(=C\N)C(C)=O. The van der Waals surface area contributed by atoms with Crippen LogP contribution >= 0.6 is 0 Å². The Morgan fingerprint density at radius 3 is 2.25 bits per heavy atom. The predicted octanol–water partition coefficient (Wildman–Crippen LogP) is 1.06. The van der Waals surface area contributed by atoms with Gasteiger partial charge in [-0.1, -0.05) is 0 Å². The van der Waals surface area contributed by atoms with Crippen molar-refractivity contribution in [3.05, 3.63) is 23.9 Å². The molecule has 0 atom stereocenters. The largest absolute Gasteiger partial charge is 0.404 e. The van der Waals surface area contributed by atoms with Crippen molar-refractivity contribution in [3.8, 4) is 0 Å². The van der Waals surface area contributed by atoms with Crippen LogP contribution in [-0.2, 0) is 4.79 Å². The highest BCUT2D eigenvalue weighted by molar-refractivity contribution is 5.99. The van der Waals surface area contributed by atoms with Gasteiger partial charge in [0.2, 0.25) is 0 Å². The molecule has 3 nitrogen and oxygen atoms in total. The lowest BCUT2D eigenvalue weighted by molar-refractivity contribution is -0.113. The third-order valence-corrected chi connectivity index (χ3v) is 1.44. The Bertz CT molecular complexity index is 249. The summed E-state index contributed by atoms with van der Waals surface area (Å²) in [6, 6.07) is 0. The lowest BCUT2D eigenvalue weighted by Gasteiger charge is -1.92. The third kappa shape index (κ3) is 3.71. The van der Waals surface area contributed by atoms with Crippen LogP contribution in [0.3, 0.4) is 0 Å². The van der Waals surface area contributed by atoms with Gasteiger partial charge in [-0.15, -0.1) is 0 Å². The predicted molar refractivity (Wildman–Crippen MR) is 51.1 cm³/mol. The number of hydrogen-bond donors (Lipinski definition) is 1. The number of carbonyl (C=O) groups excluding carboxylic acids is 1. The molecule has 2 N–H and O–H groups in total. The molecule has 0 aromatic heterocycles. The summed E-state index contributed by atoms with van der Waals surface area (Å²) in [4.78, 5) is 14.7. The smallest absolute Gasteiger partial charge is 0.161 e. The Balaban J connectivity index is 4.43. The second-order valence-corrected chi connectivity index (χ2v) is 2.38. The van der Waals surface area contributed by atoms with Crippen molar-refractivity contribution in [1.29, 1.82) is 0 Å². The fourth-order valence-electron chi connectivity index (χ4n) is 0.575. The Morgan fingerprint density at radius 1 is 1.33 bits per heavy atom. The van der Waals surface area contributed by atoms with Gasteiger partial charge >= 0.3 is 0 Å². The van der Waals surface area contributed by atoms with E-state index in [-0.39, 0.29) is 5.78 Å². The van der Waals surface area contributed by atoms with E-state index in [0.717, 1.165) is 5.71 Å². The van der Waals surface area contributed by atoms with Crippen LogP contribution in [0.5, 0.6) is 0 Å². The first-order chi connectivity index (χ1) is 5.61.